The molecular weight excluding hydrogens is 567 g/mol. The van der Waals surface area contributed by atoms with Crippen LogP contribution in [-0.4, -0.2) is 71.6 Å². The minimum atomic E-state index is -1.37. The Morgan fingerprint density at radius 1 is 1.14 bits per heavy atom. The molecule has 0 bridgehead atoms. The Labute approximate surface area is 259 Å². The van der Waals surface area contributed by atoms with Crippen molar-refractivity contribution in [1.29, 1.82) is 5.26 Å². The van der Waals surface area contributed by atoms with Crippen LogP contribution in [0, 0.1) is 34.9 Å². The molecule has 0 radical (unpaired) electrons. The number of alkyl carbamates (subject to hydrolysis) is 1. The van der Waals surface area contributed by atoms with Crippen molar-refractivity contribution in [2.45, 2.75) is 91.3 Å². The van der Waals surface area contributed by atoms with E-state index in [1.54, 1.807) is 45.6 Å². The van der Waals surface area contributed by atoms with E-state index in [0.29, 0.717) is 56.7 Å². The van der Waals surface area contributed by atoms with Crippen LogP contribution < -0.4 is 15.4 Å². The first-order valence-corrected chi connectivity index (χ1v) is 15.4. The molecular formula is C32H46FN6O5-. The number of halogens is 1. The molecule has 2 N–H and O–H groups in total. The van der Waals surface area contributed by atoms with Crippen molar-refractivity contribution in [3.05, 3.63) is 35.0 Å². The Hall–Kier alpha value is -3.88. The van der Waals surface area contributed by atoms with Crippen molar-refractivity contribution in [2.24, 2.45) is 17.8 Å². The summed E-state index contributed by atoms with van der Waals surface area (Å²) in [5, 5.41) is 24.4. The Kier molecular flexibility index (Phi) is 12.0. The molecule has 0 aliphatic carbocycles. The Balaban J connectivity index is 1.58. The molecule has 2 saturated heterocycles. The minimum absolute atomic E-state index is 0.0345. The van der Waals surface area contributed by atoms with Crippen LogP contribution in [-0.2, 0) is 9.53 Å². The monoisotopic (exact) mass is 613 g/mol. The number of rotatable bonds is 9. The van der Waals surface area contributed by atoms with Crippen LogP contribution in [0.4, 0.5) is 14.0 Å². The molecule has 0 unspecified atom stereocenters. The lowest BCUT2D eigenvalue weighted by Crippen LogP contribution is -2.47. The van der Waals surface area contributed by atoms with Crippen molar-refractivity contribution in [3.63, 3.8) is 0 Å². The quantitative estimate of drug-likeness (QED) is 0.283. The maximum atomic E-state index is 15.5. The average molecular weight is 614 g/mol. The van der Waals surface area contributed by atoms with Crippen LogP contribution in [0.3, 0.4) is 0 Å². The Morgan fingerprint density at radius 2 is 1.82 bits per heavy atom. The van der Waals surface area contributed by atoms with Gasteiger partial charge in [-0.1, -0.05) is 26.6 Å². The fourth-order valence-corrected chi connectivity index (χ4v) is 5.46. The molecule has 2 aliphatic rings. The maximum absolute atomic E-state index is 15.5. The van der Waals surface area contributed by atoms with E-state index in [2.05, 4.69) is 23.6 Å². The van der Waals surface area contributed by atoms with Gasteiger partial charge in [0.1, 0.15) is 29.3 Å². The van der Waals surface area contributed by atoms with Crippen LogP contribution in [0.15, 0.2) is 18.2 Å². The van der Waals surface area contributed by atoms with Crippen LogP contribution in [0.2, 0.25) is 0 Å². The van der Waals surface area contributed by atoms with Crippen molar-refractivity contribution in [1.82, 2.24) is 20.4 Å². The smallest absolute Gasteiger partial charge is 0.408 e. The van der Waals surface area contributed by atoms with Crippen LogP contribution in [0.1, 0.15) is 85.3 Å². The molecule has 4 amide bonds. The summed E-state index contributed by atoms with van der Waals surface area (Å²) in [4.78, 5) is 41.5. The molecule has 2 heterocycles. The van der Waals surface area contributed by atoms with E-state index in [1.807, 2.05) is 0 Å². The number of amidine groups is 1. The number of piperidine rings is 1. The van der Waals surface area contributed by atoms with Gasteiger partial charge in [0, 0.05) is 31.3 Å². The second-order valence-electron chi connectivity index (χ2n) is 13.0. The van der Waals surface area contributed by atoms with Gasteiger partial charge in [0.25, 0.3) is 5.91 Å². The molecule has 0 saturated carbocycles. The lowest BCUT2D eigenvalue weighted by Gasteiger charge is -2.37. The van der Waals surface area contributed by atoms with Crippen molar-refractivity contribution in [3.8, 4) is 11.8 Å². The number of hydrogen-bond acceptors (Lipinski definition) is 6. The highest BCUT2D eigenvalue weighted by Gasteiger charge is 2.37. The van der Waals surface area contributed by atoms with Gasteiger partial charge in [-0.15, -0.1) is 0 Å². The molecule has 11 nitrogen and oxygen atoms in total. The van der Waals surface area contributed by atoms with E-state index >= 15 is 4.39 Å². The highest BCUT2D eigenvalue weighted by molar-refractivity contribution is 6.00. The van der Waals surface area contributed by atoms with Gasteiger partial charge in [-0.05, 0) is 82.8 Å². The van der Waals surface area contributed by atoms with Gasteiger partial charge in [-0.25, -0.2) is 9.18 Å². The number of hydrogen-bond donors (Lipinski definition) is 2. The van der Waals surface area contributed by atoms with Gasteiger partial charge < -0.3 is 35.3 Å². The van der Waals surface area contributed by atoms with Gasteiger partial charge in [0.15, 0.2) is 0 Å². The number of likely N-dealkylation sites (tertiary alicyclic amines) is 2. The minimum Gasteiger partial charge on any atom is -0.493 e. The third kappa shape index (κ3) is 9.56. The standard InChI is InChI=1S/C32H46FN6O5/c1-20(2)28(35)37-30(41)38-15-11-22(12-16-38)21(3)13-17-43-24-9-10-25(26(33)18-24)27(36-31(42)44-32(4,5)6)29(40)39-14-7-8-23(39)19-34/h9-10,18,20-23,27H,7-8,11-17H2,1-6H3,(H2-,35,36,37,41,42)/q-1/t21-,23+,27+/m1/s1. The number of nitrogens with one attached hydrogen (secondary N) is 2. The highest BCUT2D eigenvalue weighted by Crippen LogP contribution is 2.30. The van der Waals surface area contributed by atoms with Gasteiger partial charge in [-0.2, -0.15) is 5.26 Å². The Bertz CT molecular complexity index is 1230. The zero-order valence-corrected chi connectivity index (χ0v) is 26.7. The summed E-state index contributed by atoms with van der Waals surface area (Å²) in [6.07, 6.45) is 2.70. The molecule has 3 atom stereocenters. The number of carbonyl (C=O) groups excluding carboxylic acids is 3. The lowest BCUT2D eigenvalue weighted by molar-refractivity contribution is -0.133. The van der Waals surface area contributed by atoms with E-state index in [0.717, 1.165) is 19.3 Å². The van der Waals surface area contributed by atoms with E-state index in [1.165, 1.54) is 17.0 Å². The third-order valence-corrected chi connectivity index (χ3v) is 8.13. The molecule has 242 valence electrons. The summed E-state index contributed by atoms with van der Waals surface area (Å²) in [6.45, 7) is 12.7. The third-order valence-electron chi connectivity index (χ3n) is 8.13. The topological polar surface area (TPSA) is 146 Å². The predicted molar refractivity (Wildman–Crippen MR) is 164 cm³/mol. The molecule has 3 rings (SSSR count). The van der Waals surface area contributed by atoms with E-state index in [-0.39, 0.29) is 23.3 Å². The summed E-state index contributed by atoms with van der Waals surface area (Å²) in [5.74, 6) is -0.459. The van der Waals surface area contributed by atoms with Crippen LogP contribution in [0.25, 0.3) is 5.41 Å². The van der Waals surface area contributed by atoms with Gasteiger partial charge >= 0.3 is 6.09 Å². The summed E-state index contributed by atoms with van der Waals surface area (Å²) < 4.78 is 26.6. The first kappa shape index (κ1) is 34.6. The number of ether oxygens (including phenoxy) is 2. The molecule has 2 fully saturated rings. The van der Waals surface area contributed by atoms with Crippen LogP contribution in [0.5, 0.6) is 5.75 Å². The van der Waals surface area contributed by atoms with E-state index < -0.39 is 35.5 Å². The average Bonchev–Trinajstić information content (AvgIpc) is 3.44. The summed E-state index contributed by atoms with van der Waals surface area (Å²) in [6, 6.07) is 3.99. The fraction of sp³-hybridized carbons (Fsp3) is 0.656. The molecule has 12 heteroatoms. The number of amides is 4. The van der Waals surface area contributed by atoms with Gasteiger partial charge in [-0.3, -0.25) is 9.59 Å². The van der Waals surface area contributed by atoms with Crippen molar-refractivity contribution in [2.75, 3.05) is 26.2 Å². The summed E-state index contributed by atoms with van der Waals surface area (Å²) in [7, 11) is 0. The lowest BCUT2D eigenvalue weighted by atomic mass is 9.84. The summed E-state index contributed by atoms with van der Waals surface area (Å²) in [5.41, 5.74) is -0.865. The highest BCUT2D eigenvalue weighted by atomic mass is 19.1. The van der Waals surface area contributed by atoms with Crippen LogP contribution >= 0.6 is 0 Å². The zero-order chi connectivity index (χ0) is 32.6. The van der Waals surface area contributed by atoms with E-state index in [4.69, 9.17) is 9.47 Å². The number of nitrogens with zero attached hydrogens (tertiary/aromatic N) is 4. The molecule has 2 aliphatic heterocycles. The zero-order valence-electron chi connectivity index (χ0n) is 26.7. The molecule has 0 aromatic heterocycles. The number of benzene rings is 1. The van der Waals surface area contributed by atoms with Crippen molar-refractivity contribution < 1.29 is 28.2 Å². The second kappa shape index (κ2) is 15.2. The van der Waals surface area contributed by atoms with Crippen molar-refractivity contribution >= 4 is 23.9 Å². The maximum Gasteiger partial charge on any atom is 0.408 e. The predicted octanol–water partition coefficient (Wildman–Crippen LogP) is 5.36. The molecule has 1 aromatic carbocycles. The van der Waals surface area contributed by atoms with Gasteiger partial charge in [0.2, 0.25) is 6.03 Å². The number of nitriles is 1. The SMILES string of the molecule is CC(C)C(=[N-])NC(=O)N1CCC([C@H](C)CCOc2ccc([C@H](NC(=O)OC(C)(C)C)C(=O)N3CCC[C@H]3C#N)c(F)c2)CC1. The second-order valence-corrected chi connectivity index (χ2v) is 13.0. The number of urea groups is 1. The molecule has 44 heavy (non-hydrogen) atoms. The van der Waals surface area contributed by atoms with E-state index in [9.17, 15) is 25.1 Å². The first-order valence-electron chi connectivity index (χ1n) is 15.4. The van der Waals surface area contributed by atoms with Gasteiger partial charge in [0.05, 0.1) is 12.7 Å². The Morgan fingerprint density at radius 3 is 2.41 bits per heavy atom. The first-order chi connectivity index (χ1) is 20.7. The normalized spacial score (nSPS) is 18.8. The largest absolute Gasteiger partial charge is 0.493 e. The molecule has 1 aromatic rings. The summed E-state index contributed by atoms with van der Waals surface area (Å²) >= 11 is 0. The fourth-order valence-electron chi connectivity index (χ4n) is 5.46. The number of carbonyl (C=O) groups is 3. The molecule has 0 spiro atoms.